The van der Waals surface area contributed by atoms with Crippen molar-refractivity contribution in [2.75, 3.05) is 12.3 Å². The van der Waals surface area contributed by atoms with Crippen molar-refractivity contribution < 1.29 is 9.59 Å². The molecule has 1 N–H and O–H groups in total. The third-order valence-corrected chi connectivity index (χ3v) is 6.96. The van der Waals surface area contributed by atoms with Gasteiger partial charge in [0.2, 0.25) is 0 Å². The molecule has 1 saturated heterocycles. The largest absolute Gasteiger partial charge is 0.325 e. The van der Waals surface area contributed by atoms with Crippen LogP contribution in [0.4, 0.5) is 4.79 Å². The summed E-state index contributed by atoms with van der Waals surface area (Å²) in [4.78, 5) is 29.2. The molecule has 0 bridgehead atoms. The van der Waals surface area contributed by atoms with Gasteiger partial charge in [0.05, 0.1) is 0 Å². The number of thiophene rings is 1. The van der Waals surface area contributed by atoms with Crippen LogP contribution in [0.25, 0.3) is 0 Å². The first-order valence-electron chi connectivity index (χ1n) is 8.19. The van der Waals surface area contributed by atoms with Crippen LogP contribution >= 0.6 is 34.7 Å². The predicted octanol–water partition coefficient (Wildman–Crippen LogP) is 4.28. The second kappa shape index (κ2) is 6.67. The van der Waals surface area contributed by atoms with Gasteiger partial charge in [-0.2, -0.15) is 0 Å². The van der Waals surface area contributed by atoms with E-state index >= 15 is 0 Å². The second-order valence-corrected chi connectivity index (χ2v) is 8.81. The summed E-state index contributed by atoms with van der Waals surface area (Å²) in [5, 5.41) is 5.69. The van der Waals surface area contributed by atoms with Crippen LogP contribution in [0.15, 0.2) is 40.6 Å². The van der Waals surface area contributed by atoms with Gasteiger partial charge in [-0.3, -0.25) is 9.69 Å². The third kappa shape index (κ3) is 2.96. The van der Waals surface area contributed by atoms with Gasteiger partial charge in [-0.15, -0.1) is 23.1 Å². The van der Waals surface area contributed by atoms with Crippen LogP contribution in [0.5, 0.6) is 0 Å². The minimum absolute atomic E-state index is 0.103. The summed E-state index contributed by atoms with van der Waals surface area (Å²) in [5.41, 5.74) is 0.158. The van der Waals surface area contributed by atoms with E-state index in [0.29, 0.717) is 23.7 Å². The molecule has 2 aliphatic rings. The summed E-state index contributed by atoms with van der Waals surface area (Å²) < 4.78 is 0. The number of rotatable bonds is 4. The quantitative estimate of drug-likeness (QED) is 0.624. The lowest BCUT2D eigenvalue weighted by Gasteiger charge is -2.31. The van der Waals surface area contributed by atoms with Gasteiger partial charge in [0.15, 0.2) is 0 Å². The Kier molecular flexibility index (Phi) is 4.52. The van der Waals surface area contributed by atoms with Gasteiger partial charge in [-0.1, -0.05) is 11.6 Å². The number of thioether (sulfide) groups is 1. The normalized spacial score (nSPS) is 22.4. The minimum Gasteiger partial charge on any atom is -0.319 e. The van der Waals surface area contributed by atoms with Crippen LogP contribution < -0.4 is 5.32 Å². The molecule has 1 spiro atoms. The molecule has 2 aromatic rings. The first-order valence-corrected chi connectivity index (χ1v) is 10.4. The maximum absolute atomic E-state index is 13.1. The topological polar surface area (TPSA) is 49.4 Å². The zero-order valence-corrected chi connectivity index (χ0v) is 15.8. The van der Waals surface area contributed by atoms with Crippen LogP contribution in [0.1, 0.15) is 23.3 Å². The Hall–Kier alpha value is -1.50. The molecule has 0 radical (unpaired) electrons. The molecular formula is C18H17ClN2O2S2. The Bertz CT molecular complexity index is 821. The van der Waals surface area contributed by atoms with Crippen LogP contribution in [0, 0.1) is 0 Å². The van der Waals surface area contributed by atoms with E-state index in [2.05, 4.69) is 5.32 Å². The molecule has 1 aliphatic heterocycles. The number of nitrogens with one attached hydrogen (secondary N) is 1. The minimum atomic E-state index is -0.838. The molecule has 1 aliphatic carbocycles. The Morgan fingerprint density at radius 3 is 2.84 bits per heavy atom. The molecule has 1 aromatic carbocycles. The summed E-state index contributed by atoms with van der Waals surface area (Å²) in [6.07, 6.45) is 2.60. The molecule has 1 fully saturated rings. The van der Waals surface area contributed by atoms with E-state index in [-0.39, 0.29) is 11.9 Å². The van der Waals surface area contributed by atoms with Crippen LogP contribution in [-0.2, 0) is 16.8 Å². The second-order valence-electron chi connectivity index (χ2n) is 6.21. The molecule has 1 aromatic heterocycles. The predicted molar refractivity (Wildman–Crippen MR) is 101 cm³/mol. The van der Waals surface area contributed by atoms with Crippen molar-refractivity contribution in [3.63, 3.8) is 0 Å². The van der Waals surface area contributed by atoms with Gasteiger partial charge >= 0.3 is 6.03 Å². The van der Waals surface area contributed by atoms with Crippen molar-refractivity contribution in [2.45, 2.75) is 29.7 Å². The van der Waals surface area contributed by atoms with Crippen molar-refractivity contribution >= 4 is 46.6 Å². The summed E-state index contributed by atoms with van der Waals surface area (Å²) >= 11 is 9.17. The molecule has 1 unspecified atom stereocenters. The molecule has 1 atom stereocenters. The van der Waals surface area contributed by atoms with Gasteiger partial charge in [0.1, 0.15) is 5.54 Å². The van der Waals surface area contributed by atoms with Gasteiger partial charge in [-0.25, -0.2) is 4.79 Å². The lowest BCUT2D eigenvalue weighted by molar-refractivity contribution is -0.132. The summed E-state index contributed by atoms with van der Waals surface area (Å²) in [6.45, 7) is 0.402. The molecule has 130 valence electrons. The molecule has 3 amide bonds. The Morgan fingerprint density at radius 1 is 1.24 bits per heavy atom. The number of fused-ring (bicyclic) bond motifs is 2. The number of carbonyl (C=O) groups is 2. The fourth-order valence-corrected chi connectivity index (χ4v) is 5.49. The van der Waals surface area contributed by atoms with Crippen LogP contribution in [-0.4, -0.2) is 29.1 Å². The van der Waals surface area contributed by atoms with Crippen molar-refractivity contribution in [1.29, 1.82) is 0 Å². The number of imide groups is 1. The zero-order valence-electron chi connectivity index (χ0n) is 13.5. The number of amides is 3. The van der Waals surface area contributed by atoms with Crippen molar-refractivity contribution in [1.82, 2.24) is 10.2 Å². The van der Waals surface area contributed by atoms with E-state index in [1.807, 2.05) is 35.7 Å². The van der Waals surface area contributed by atoms with Gasteiger partial charge in [-0.05, 0) is 55.0 Å². The Balaban J connectivity index is 1.46. The van der Waals surface area contributed by atoms with E-state index in [9.17, 15) is 9.59 Å². The summed E-state index contributed by atoms with van der Waals surface area (Å²) in [5.74, 6) is 0.557. The molecular weight excluding hydrogens is 376 g/mol. The third-order valence-electron chi connectivity index (χ3n) is 4.73. The zero-order chi connectivity index (χ0) is 17.4. The summed E-state index contributed by atoms with van der Waals surface area (Å²) in [6, 6.07) is 9.28. The smallest absolute Gasteiger partial charge is 0.319 e. The molecule has 0 saturated carbocycles. The fourth-order valence-electron chi connectivity index (χ4n) is 3.53. The SMILES string of the molecule is O=C1NC2(CCCc3sccc32)C(=O)N1CCSc1ccc(Cl)cc1. The van der Waals surface area contributed by atoms with E-state index in [0.717, 1.165) is 23.3 Å². The van der Waals surface area contributed by atoms with E-state index in [4.69, 9.17) is 11.6 Å². The van der Waals surface area contributed by atoms with E-state index < -0.39 is 5.54 Å². The number of aryl methyl sites for hydroxylation is 1. The van der Waals surface area contributed by atoms with Crippen molar-refractivity contribution in [3.8, 4) is 0 Å². The van der Waals surface area contributed by atoms with Gasteiger partial charge in [0.25, 0.3) is 5.91 Å². The maximum Gasteiger partial charge on any atom is 0.325 e. The lowest BCUT2D eigenvalue weighted by atomic mass is 9.80. The number of hydrogen-bond donors (Lipinski definition) is 1. The number of halogens is 1. The monoisotopic (exact) mass is 392 g/mol. The molecule has 4 nitrogen and oxygen atoms in total. The number of urea groups is 1. The standard InChI is InChI=1S/C18H17ClN2O2S2/c19-12-3-5-13(6-4-12)24-11-9-21-16(22)18(20-17(21)23)8-1-2-15-14(18)7-10-25-15/h3-7,10H,1-2,8-9,11H2,(H,20,23). The Morgan fingerprint density at radius 2 is 2.04 bits per heavy atom. The lowest BCUT2D eigenvalue weighted by Crippen LogP contribution is -2.46. The van der Waals surface area contributed by atoms with Crippen molar-refractivity contribution in [2.24, 2.45) is 0 Å². The first kappa shape index (κ1) is 16.9. The molecule has 2 heterocycles. The first-order chi connectivity index (χ1) is 12.1. The molecule has 25 heavy (non-hydrogen) atoms. The van der Waals surface area contributed by atoms with Gasteiger partial charge in [0, 0.05) is 32.7 Å². The van der Waals surface area contributed by atoms with Gasteiger partial charge < -0.3 is 5.32 Å². The highest BCUT2D eigenvalue weighted by Gasteiger charge is 2.54. The Labute approximate surface area is 159 Å². The molecule has 7 heteroatoms. The average molecular weight is 393 g/mol. The number of carbonyl (C=O) groups excluding carboxylic acids is 2. The maximum atomic E-state index is 13.1. The van der Waals surface area contributed by atoms with E-state index in [1.54, 1.807) is 23.1 Å². The highest BCUT2D eigenvalue weighted by atomic mass is 35.5. The van der Waals surface area contributed by atoms with Crippen LogP contribution in [0.3, 0.4) is 0 Å². The average Bonchev–Trinajstić information content (AvgIpc) is 3.17. The summed E-state index contributed by atoms with van der Waals surface area (Å²) in [7, 11) is 0. The molecule has 4 rings (SSSR count). The fraction of sp³-hybridized carbons (Fsp3) is 0.333. The highest BCUT2D eigenvalue weighted by molar-refractivity contribution is 7.99. The van der Waals surface area contributed by atoms with E-state index in [1.165, 1.54) is 9.78 Å². The highest BCUT2D eigenvalue weighted by Crippen LogP contribution is 2.42. The number of hydrogen-bond acceptors (Lipinski definition) is 4. The number of nitrogens with zero attached hydrogens (tertiary/aromatic N) is 1. The van der Waals surface area contributed by atoms with Crippen molar-refractivity contribution in [3.05, 3.63) is 51.2 Å². The van der Waals surface area contributed by atoms with Crippen LogP contribution in [0.2, 0.25) is 5.02 Å². The number of benzene rings is 1.